The maximum Gasteiger partial charge on any atom is 0.305 e. The number of anilines is 1. The molecule has 2 heterocycles. The summed E-state index contributed by atoms with van der Waals surface area (Å²) in [6, 6.07) is 9.72. The van der Waals surface area contributed by atoms with Crippen LogP contribution < -0.4 is 5.32 Å². The van der Waals surface area contributed by atoms with Crippen molar-refractivity contribution in [1.29, 1.82) is 0 Å². The molecule has 2 aromatic rings. The van der Waals surface area contributed by atoms with Crippen LogP contribution in [0, 0.1) is 0 Å². The summed E-state index contributed by atoms with van der Waals surface area (Å²) in [6.45, 7) is 0.868. The van der Waals surface area contributed by atoms with Crippen LogP contribution in [-0.4, -0.2) is 29.6 Å². The molecule has 0 aliphatic rings. The van der Waals surface area contributed by atoms with Crippen LogP contribution in [0.25, 0.3) is 11.4 Å². The van der Waals surface area contributed by atoms with Crippen LogP contribution in [0.5, 0.6) is 0 Å². The average molecular weight is 299 g/mol. The van der Waals surface area contributed by atoms with E-state index in [9.17, 15) is 4.79 Å². The van der Waals surface area contributed by atoms with Crippen molar-refractivity contribution >= 4 is 11.7 Å². The van der Waals surface area contributed by atoms with Crippen molar-refractivity contribution in [3.05, 3.63) is 42.7 Å². The number of carbonyl (C=O) groups excluding carboxylic acids is 1. The first-order chi connectivity index (χ1) is 10.8. The Kier molecular flexibility index (Phi) is 6.36. The molecule has 0 aliphatic heterocycles. The Hall–Kier alpha value is -2.43. The lowest BCUT2D eigenvalue weighted by atomic mass is 10.2. The SMILES string of the molecule is COC(=O)CCCCCNc1ccnc(-c2ccccn2)c1. The summed E-state index contributed by atoms with van der Waals surface area (Å²) in [7, 11) is 1.42. The summed E-state index contributed by atoms with van der Waals surface area (Å²) in [5, 5.41) is 3.37. The van der Waals surface area contributed by atoms with Gasteiger partial charge in [0.25, 0.3) is 0 Å². The minimum Gasteiger partial charge on any atom is -0.469 e. The monoisotopic (exact) mass is 299 g/mol. The molecular weight excluding hydrogens is 278 g/mol. The van der Waals surface area contributed by atoms with Crippen LogP contribution in [0.1, 0.15) is 25.7 Å². The van der Waals surface area contributed by atoms with Crippen LogP contribution in [0.2, 0.25) is 0 Å². The second-order valence-electron chi connectivity index (χ2n) is 4.96. The number of pyridine rings is 2. The quantitative estimate of drug-likeness (QED) is 0.598. The van der Waals surface area contributed by atoms with E-state index in [4.69, 9.17) is 0 Å². The molecule has 0 aliphatic carbocycles. The van der Waals surface area contributed by atoms with E-state index in [1.165, 1.54) is 7.11 Å². The smallest absolute Gasteiger partial charge is 0.305 e. The molecule has 5 heteroatoms. The zero-order valence-electron chi connectivity index (χ0n) is 12.8. The fraction of sp³-hybridized carbons (Fsp3) is 0.353. The first-order valence-corrected chi connectivity index (χ1v) is 7.48. The van der Waals surface area contributed by atoms with Gasteiger partial charge < -0.3 is 10.1 Å². The first kappa shape index (κ1) is 15.9. The number of carbonyl (C=O) groups is 1. The number of esters is 1. The van der Waals surface area contributed by atoms with Gasteiger partial charge in [0.2, 0.25) is 0 Å². The van der Waals surface area contributed by atoms with Crippen molar-refractivity contribution in [2.24, 2.45) is 0 Å². The third-order valence-electron chi connectivity index (χ3n) is 3.30. The van der Waals surface area contributed by atoms with Gasteiger partial charge in [-0.2, -0.15) is 0 Å². The summed E-state index contributed by atoms with van der Waals surface area (Å²) in [6.07, 6.45) is 6.92. The number of rotatable bonds is 8. The molecule has 0 radical (unpaired) electrons. The molecule has 22 heavy (non-hydrogen) atoms. The van der Waals surface area contributed by atoms with Gasteiger partial charge in [-0.15, -0.1) is 0 Å². The highest BCUT2D eigenvalue weighted by Crippen LogP contribution is 2.17. The van der Waals surface area contributed by atoms with E-state index in [1.54, 1.807) is 12.4 Å². The van der Waals surface area contributed by atoms with Crippen LogP contribution in [-0.2, 0) is 9.53 Å². The molecule has 116 valence electrons. The maximum atomic E-state index is 11.0. The summed E-state index contributed by atoms with van der Waals surface area (Å²) in [4.78, 5) is 19.6. The Morgan fingerprint density at radius 3 is 2.73 bits per heavy atom. The molecule has 0 saturated carbocycles. The Morgan fingerprint density at radius 2 is 1.95 bits per heavy atom. The Morgan fingerprint density at radius 1 is 1.09 bits per heavy atom. The van der Waals surface area contributed by atoms with Gasteiger partial charge in [-0.05, 0) is 37.1 Å². The minimum absolute atomic E-state index is 0.137. The molecule has 2 rings (SSSR count). The molecule has 0 aromatic carbocycles. The highest BCUT2D eigenvalue weighted by molar-refractivity contribution is 5.69. The van der Waals surface area contributed by atoms with Crippen LogP contribution in [0.15, 0.2) is 42.7 Å². The number of hydrogen-bond acceptors (Lipinski definition) is 5. The summed E-state index contributed by atoms with van der Waals surface area (Å²) in [5.74, 6) is -0.137. The lowest BCUT2D eigenvalue weighted by molar-refractivity contribution is -0.140. The molecule has 0 amide bonds. The van der Waals surface area contributed by atoms with Gasteiger partial charge in [0.1, 0.15) is 0 Å². The predicted molar refractivity (Wildman–Crippen MR) is 86.4 cm³/mol. The maximum absolute atomic E-state index is 11.0. The number of hydrogen-bond donors (Lipinski definition) is 1. The molecule has 0 saturated heterocycles. The lowest BCUT2D eigenvalue weighted by Gasteiger charge is -2.07. The number of unbranched alkanes of at least 4 members (excludes halogenated alkanes) is 2. The molecular formula is C17H21N3O2. The number of nitrogens with zero attached hydrogens (tertiary/aromatic N) is 2. The van der Waals surface area contributed by atoms with Gasteiger partial charge in [-0.1, -0.05) is 12.5 Å². The van der Waals surface area contributed by atoms with Crippen molar-refractivity contribution in [2.75, 3.05) is 19.0 Å². The molecule has 0 spiro atoms. The molecule has 2 aromatic heterocycles. The van der Waals surface area contributed by atoms with Crippen molar-refractivity contribution in [3.63, 3.8) is 0 Å². The molecule has 0 atom stereocenters. The van der Waals surface area contributed by atoms with Crippen molar-refractivity contribution < 1.29 is 9.53 Å². The highest BCUT2D eigenvalue weighted by Gasteiger charge is 2.02. The highest BCUT2D eigenvalue weighted by atomic mass is 16.5. The Balaban J connectivity index is 1.76. The van der Waals surface area contributed by atoms with Gasteiger partial charge in [-0.25, -0.2) is 0 Å². The fourth-order valence-electron chi connectivity index (χ4n) is 2.10. The molecule has 0 unspecified atom stereocenters. The zero-order chi connectivity index (χ0) is 15.6. The normalized spacial score (nSPS) is 10.2. The van der Waals surface area contributed by atoms with Crippen LogP contribution in [0.4, 0.5) is 5.69 Å². The lowest BCUT2D eigenvalue weighted by Crippen LogP contribution is -2.03. The van der Waals surface area contributed by atoms with Crippen molar-refractivity contribution in [3.8, 4) is 11.4 Å². The van der Waals surface area contributed by atoms with Crippen LogP contribution >= 0.6 is 0 Å². The van der Waals surface area contributed by atoms with E-state index in [0.29, 0.717) is 6.42 Å². The number of nitrogens with one attached hydrogen (secondary N) is 1. The standard InChI is InChI=1S/C17H21N3O2/c1-22-17(21)8-3-2-5-10-18-14-9-12-20-16(13-14)15-7-4-6-11-19-15/h4,6-7,9,11-13H,2-3,5,8,10H2,1H3,(H,18,20). The van der Waals surface area contributed by atoms with Gasteiger partial charge >= 0.3 is 5.97 Å². The second kappa shape index (κ2) is 8.77. The van der Waals surface area contributed by atoms with Gasteiger partial charge in [-0.3, -0.25) is 14.8 Å². The second-order valence-corrected chi connectivity index (χ2v) is 4.96. The topological polar surface area (TPSA) is 64.1 Å². The van der Waals surface area contributed by atoms with Crippen LogP contribution in [0.3, 0.4) is 0 Å². The largest absolute Gasteiger partial charge is 0.469 e. The van der Waals surface area contributed by atoms with E-state index in [-0.39, 0.29) is 5.97 Å². The van der Waals surface area contributed by atoms with E-state index < -0.39 is 0 Å². The third-order valence-corrected chi connectivity index (χ3v) is 3.30. The summed E-state index contributed by atoms with van der Waals surface area (Å²) < 4.78 is 4.61. The van der Waals surface area contributed by atoms with E-state index in [0.717, 1.165) is 42.9 Å². The molecule has 0 bridgehead atoms. The summed E-state index contributed by atoms with van der Waals surface area (Å²) >= 11 is 0. The number of aromatic nitrogens is 2. The Labute approximate surface area is 130 Å². The van der Waals surface area contributed by atoms with Crippen molar-refractivity contribution in [2.45, 2.75) is 25.7 Å². The third kappa shape index (κ3) is 5.16. The predicted octanol–water partition coefficient (Wildman–Crippen LogP) is 3.29. The molecule has 1 N–H and O–H groups in total. The Bertz CT molecular complexity index is 587. The minimum atomic E-state index is -0.137. The summed E-state index contributed by atoms with van der Waals surface area (Å²) in [5.41, 5.74) is 2.75. The zero-order valence-corrected chi connectivity index (χ0v) is 12.8. The van der Waals surface area contributed by atoms with Crippen molar-refractivity contribution in [1.82, 2.24) is 9.97 Å². The van der Waals surface area contributed by atoms with Gasteiger partial charge in [0, 0.05) is 31.0 Å². The first-order valence-electron chi connectivity index (χ1n) is 7.48. The molecule has 5 nitrogen and oxygen atoms in total. The average Bonchev–Trinajstić information content (AvgIpc) is 2.58. The number of ether oxygens (including phenoxy) is 1. The van der Waals surface area contributed by atoms with E-state index >= 15 is 0 Å². The molecule has 0 fully saturated rings. The van der Waals surface area contributed by atoms with Gasteiger partial charge in [0.15, 0.2) is 0 Å². The fourth-order valence-corrected chi connectivity index (χ4v) is 2.10. The van der Waals surface area contributed by atoms with E-state index in [1.807, 2.05) is 30.3 Å². The van der Waals surface area contributed by atoms with Gasteiger partial charge in [0.05, 0.1) is 18.5 Å². The van der Waals surface area contributed by atoms with E-state index in [2.05, 4.69) is 20.0 Å². The number of methoxy groups -OCH3 is 1.